The van der Waals surface area contributed by atoms with Crippen molar-refractivity contribution in [1.29, 1.82) is 0 Å². The quantitative estimate of drug-likeness (QED) is 0.783. The highest BCUT2D eigenvalue weighted by atomic mass is 32.2. The van der Waals surface area contributed by atoms with Crippen molar-refractivity contribution >= 4 is 17.7 Å². The first-order valence-electron chi connectivity index (χ1n) is 6.36. The number of carbonyl (C=O) groups excluding carboxylic acids is 1. The Kier molecular flexibility index (Phi) is 6.87. The smallest absolute Gasteiger partial charge is 0.315 e. The van der Waals surface area contributed by atoms with Gasteiger partial charge in [-0.25, -0.2) is 4.39 Å². The predicted octanol–water partition coefficient (Wildman–Crippen LogP) is 2.90. The van der Waals surface area contributed by atoms with E-state index < -0.39 is 0 Å². The highest BCUT2D eigenvalue weighted by molar-refractivity contribution is 8.00. The molecule has 2 unspecified atom stereocenters. The van der Waals surface area contributed by atoms with E-state index in [0.29, 0.717) is 6.61 Å². The maximum absolute atomic E-state index is 12.9. The van der Waals surface area contributed by atoms with Crippen LogP contribution in [-0.4, -0.2) is 24.4 Å². The zero-order valence-electron chi connectivity index (χ0n) is 11.3. The Morgan fingerprint density at radius 3 is 2.53 bits per heavy atom. The van der Waals surface area contributed by atoms with Crippen molar-refractivity contribution in [2.24, 2.45) is 5.73 Å². The summed E-state index contributed by atoms with van der Waals surface area (Å²) in [6.45, 7) is 4.14. The molecule has 3 nitrogen and oxygen atoms in total. The molecule has 0 aliphatic carbocycles. The summed E-state index contributed by atoms with van der Waals surface area (Å²) in [7, 11) is 0. The van der Waals surface area contributed by atoms with Crippen molar-refractivity contribution in [3.8, 4) is 0 Å². The molecule has 0 saturated heterocycles. The van der Waals surface area contributed by atoms with Gasteiger partial charge in [0.15, 0.2) is 0 Å². The fraction of sp³-hybridized carbons (Fsp3) is 0.500. The predicted molar refractivity (Wildman–Crippen MR) is 76.5 cm³/mol. The van der Waals surface area contributed by atoms with Crippen LogP contribution in [0.1, 0.15) is 31.1 Å². The third-order valence-corrected chi connectivity index (χ3v) is 4.13. The summed E-state index contributed by atoms with van der Waals surface area (Å²) in [6, 6.07) is 6.18. The highest BCUT2D eigenvalue weighted by Gasteiger charge is 2.20. The molecule has 0 aromatic heterocycles. The number of esters is 1. The number of ether oxygens (including phenoxy) is 1. The van der Waals surface area contributed by atoms with Gasteiger partial charge in [-0.05, 0) is 31.0 Å². The van der Waals surface area contributed by atoms with Gasteiger partial charge >= 0.3 is 5.97 Å². The van der Waals surface area contributed by atoms with Gasteiger partial charge in [0.25, 0.3) is 0 Å². The largest absolute Gasteiger partial charge is 0.465 e. The zero-order chi connectivity index (χ0) is 14.3. The molecule has 1 aromatic carbocycles. The van der Waals surface area contributed by atoms with Crippen LogP contribution >= 0.6 is 11.8 Å². The molecule has 0 fully saturated rings. The lowest BCUT2D eigenvalue weighted by molar-refractivity contribution is -0.139. The van der Waals surface area contributed by atoms with Gasteiger partial charge in [0.2, 0.25) is 0 Å². The van der Waals surface area contributed by atoms with Crippen molar-refractivity contribution in [1.82, 2.24) is 0 Å². The summed E-state index contributed by atoms with van der Waals surface area (Å²) in [5, 5.41) is -0.0324. The molecule has 0 bridgehead atoms. The molecule has 0 amide bonds. The van der Waals surface area contributed by atoms with Gasteiger partial charge in [0, 0.05) is 11.3 Å². The molecule has 0 radical (unpaired) electrons. The minimum Gasteiger partial charge on any atom is -0.465 e. The number of hydrogen-bond acceptors (Lipinski definition) is 4. The van der Waals surface area contributed by atoms with Gasteiger partial charge in [-0.15, -0.1) is 11.8 Å². The molecule has 106 valence electrons. The fourth-order valence-electron chi connectivity index (χ4n) is 1.69. The highest BCUT2D eigenvalue weighted by Crippen LogP contribution is 2.32. The lowest BCUT2D eigenvalue weighted by Crippen LogP contribution is -2.26. The van der Waals surface area contributed by atoms with Gasteiger partial charge < -0.3 is 10.5 Å². The zero-order valence-corrected chi connectivity index (χ0v) is 12.1. The van der Waals surface area contributed by atoms with Crippen molar-refractivity contribution in [3.63, 3.8) is 0 Å². The van der Waals surface area contributed by atoms with Crippen molar-refractivity contribution < 1.29 is 13.9 Å². The Morgan fingerprint density at radius 2 is 2.00 bits per heavy atom. The average molecular weight is 285 g/mol. The van der Waals surface area contributed by atoms with Crippen LogP contribution in [0.4, 0.5) is 4.39 Å². The Labute approximate surface area is 117 Å². The molecule has 0 heterocycles. The topological polar surface area (TPSA) is 52.3 Å². The van der Waals surface area contributed by atoms with E-state index in [1.807, 2.05) is 6.92 Å². The SMILES string of the molecule is CCOC(=O)CSC(c1ccc(F)cc1)C(N)CC. The number of rotatable bonds is 7. The van der Waals surface area contributed by atoms with Gasteiger partial charge in [-0.1, -0.05) is 19.1 Å². The third kappa shape index (κ3) is 5.20. The van der Waals surface area contributed by atoms with E-state index in [-0.39, 0.29) is 28.8 Å². The maximum atomic E-state index is 12.9. The average Bonchev–Trinajstić information content (AvgIpc) is 2.41. The number of hydrogen-bond donors (Lipinski definition) is 1. The van der Waals surface area contributed by atoms with E-state index >= 15 is 0 Å². The Balaban J connectivity index is 2.72. The summed E-state index contributed by atoms with van der Waals surface area (Å²) < 4.78 is 17.8. The normalized spacial score (nSPS) is 13.9. The second-order valence-corrected chi connectivity index (χ2v) is 5.29. The van der Waals surface area contributed by atoms with Crippen LogP contribution < -0.4 is 5.73 Å². The third-order valence-electron chi connectivity index (χ3n) is 2.74. The minimum atomic E-state index is -0.275. The van der Waals surface area contributed by atoms with Gasteiger partial charge in [-0.3, -0.25) is 4.79 Å². The Hall–Kier alpha value is -1.07. The lowest BCUT2D eigenvalue weighted by atomic mass is 10.0. The van der Waals surface area contributed by atoms with Crippen LogP contribution in [-0.2, 0) is 9.53 Å². The number of nitrogens with two attached hydrogens (primary N) is 1. The second-order valence-electron chi connectivity index (χ2n) is 4.16. The van der Waals surface area contributed by atoms with Crippen LogP contribution in [0.25, 0.3) is 0 Å². The van der Waals surface area contributed by atoms with E-state index in [1.165, 1.54) is 23.9 Å². The molecule has 5 heteroatoms. The van der Waals surface area contributed by atoms with E-state index in [0.717, 1.165) is 12.0 Å². The summed E-state index contributed by atoms with van der Waals surface area (Å²) >= 11 is 1.44. The molecule has 1 rings (SSSR count). The molecular formula is C14H20FNO2S. The molecule has 0 aliphatic heterocycles. The standard InChI is InChI=1S/C14H20FNO2S/c1-3-12(16)14(19-9-13(17)18-4-2)10-5-7-11(15)8-6-10/h5-8,12,14H,3-4,9,16H2,1-2H3. The maximum Gasteiger partial charge on any atom is 0.315 e. The number of carbonyl (C=O) groups is 1. The second kappa shape index (κ2) is 8.17. The van der Waals surface area contributed by atoms with Gasteiger partial charge in [0.05, 0.1) is 12.4 Å². The first-order valence-corrected chi connectivity index (χ1v) is 7.41. The summed E-state index contributed by atoms with van der Waals surface area (Å²) in [6.07, 6.45) is 0.790. The molecular weight excluding hydrogens is 265 g/mol. The molecule has 19 heavy (non-hydrogen) atoms. The molecule has 0 aliphatic rings. The van der Waals surface area contributed by atoms with E-state index in [1.54, 1.807) is 19.1 Å². The Bertz CT molecular complexity index is 397. The summed E-state index contributed by atoms with van der Waals surface area (Å²) in [5.41, 5.74) is 7.02. The first kappa shape index (κ1) is 16.0. The van der Waals surface area contributed by atoms with Crippen molar-refractivity contribution in [2.45, 2.75) is 31.6 Å². The Morgan fingerprint density at radius 1 is 1.37 bits per heavy atom. The van der Waals surface area contributed by atoms with E-state index in [4.69, 9.17) is 10.5 Å². The minimum absolute atomic E-state index is 0.0324. The van der Waals surface area contributed by atoms with Crippen LogP contribution in [0, 0.1) is 5.82 Å². The number of benzene rings is 1. The van der Waals surface area contributed by atoms with Crippen LogP contribution in [0.2, 0.25) is 0 Å². The van der Waals surface area contributed by atoms with E-state index in [2.05, 4.69) is 0 Å². The van der Waals surface area contributed by atoms with Crippen molar-refractivity contribution in [3.05, 3.63) is 35.6 Å². The number of halogens is 1. The lowest BCUT2D eigenvalue weighted by Gasteiger charge is -2.22. The van der Waals surface area contributed by atoms with Crippen molar-refractivity contribution in [2.75, 3.05) is 12.4 Å². The molecule has 2 atom stereocenters. The number of thioether (sulfide) groups is 1. The fourth-order valence-corrected chi connectivity index (χ4v) is 2.88. The van der Waals surface area contributed by atoms with Gasteiger partial charge in [0.1, 0.15) is 5.82 Å². The van der Waals surface area contributed by atoms with Gasteiger partial charge in [-0.2, -0.15) is 0 Å². The molecule has 2 N–H and O–H groups in total. The first-order chi connectivity index (χ1) is 9.08. The van der Waals surface area contributed by atoms with Crippen LogP contribution in [0.15, 0.2) is 24.3 Å². The summed E-state index contributed by atoms with van der Waals surface area (Å²) in [4.78, 5) is 11.4. The molecule has 0 spiro atoms. The van der Waals surface area contributed by atoms with E-state index in [9.17, 15) is 9.18 Å². The van der Waals surface area contributed by atoms with Crippen LogP contribution in [0.5, 0.6) is 0 Å². The molecule has 1 aromatic rings. The molecule has 0 saturated carbocycles. The monoisotopic (exact) mass is 285 g/mol. The summed E-state index contributed by atoms with van der Waals surface area (Å²) in [5.74, 6) is -0.269. The van der Waals surface area contributed by atoms with Crippen LogP contribution in [0.3, 0.4) is 0 Å².